The Balaban J connectivity index is 2.97. The third-order valence-electron chi connectivity index (χ3n) is 2.95. The molecule has 0 aliphatic heterocycles. The van der Waals surface area contributed by atoms with E-state index in [0.717, 1.165) is 6.07 Å². The molecule has 0 aliphatic carbocycles. The number of carbonyl (C=O) groups is 2. The largest absolute Gasteiger partial charge is 0.462 e. The second kappa shape index (κ2) is 9.06. The molecular weight excluding hydrogens is 345 g/mol. The molecule has 140 valence electrons. The maximum atomic E-state index is 12.8. The molecule has 2 amide bonds. The Bertz CT molecular complexity index is 610. The summed E-state index contributed by atoms with van der Waals surface area (Å²) in [4.78, 5) is 28.2. The lowest BCUT2D eigenvalue weighted by Crippen LogP contribution is -2.42. The molecule has 8 nitrogen and oxygen atoms in total. The molecule has 0 saturated carbocycles. The van der Waals surface area contributed by atoms with Crippen LogP contribution in [0, 0.1) is 0 Å². The Hall–Kier alpha value is -2.56. The SMILES string of the molecule is CCOC(=O)c1ccc(C(F)(F)F)nc1NNC(=O)N(C)CCOC. The topological polar surface area (TPSA) is 92.8 Å². The Morgan fingerprint density at radius 3 is 2.56 bits per heavy atom. The third kappa shape index (κ3) is 6.10. The molecule has 11 heteroatoms. The van der Waals surface area contributed by atoms with Gasteiger partial charge in [-0.1, -0.05) is 0 Å². The third-order valence-corrected chi connectivity index (χ3v) is 2.95. The average Bonchev–Trinajstić information content (AvgIpc) is 2.56. The number of rotatable bonds is 7. The molecule has 0 bridgehead atoms. The number of urea groups is 1. The van der Waals surface area contributed by atoms with Crippen molar-refractivity contribution in [2.45, 2.75) is 13.1 Å². The summed E-state index contributed by atoms with van der Waals surface area (Å²) in [6, 6.07) is 0.937. The standard InChI is InChI=1S/C14H19F3N4O4/c1-4-25-12(22)9-5-6-10(14(15,16)17)18-11(9)19-20-13(23)21(2)7-8-24-3/h5-6H,4,7-8H2,1-3H3,(H,18,19)(H,20,23). The molecule has 1 rings (SSSR count). The maximum Gasteiger partial charge on any atom is 0.433 e. The number of anilines is 1. The van der Waals surface area contributed by atoms with Crippen molar-refractivity contribution in [2.75, 3.05) is 39.3 Å². The van der Waals surface area contributed by atoms with E-state index in [1.54, 1.807) is 6.92 Å². The van der Waals surface area contributed by atoms with Crippen molar-refractivity contribution >= 4 is 17.8 Å². The first-order valence-corrected chi connectivity index (χ1v) is 7.22. The fourth-order valence-electron chi connectivity index (χ4n) is 1.62. The summed E-state index contributed by atoms with van der Waals surface area (Å²) in [6.45, 7) is 2.12. The number of aromatic nitrogens is 1. The predicted molar refractivity (Wildman–Crippen MR) is 81.9 cm³/mol. The second-order valence-corrected chi connectivity index (χ2v) is 4.78. The first-order chi connectivity index (χ1) is 11.7. The highest BCUT2D eigenvalue weighted by molar-refractivity contribution is 5.95. The summed E-state index contributed by atoms with van der Waals surface area (Å²) in [5.41, 5.74) is 2.94. The van der Waals surface area contributed by atoms with Gasteiger partial charge in [-0.2, -0.15) is 13.2 Å². The fraction of sp³-hybridized carbons (Fsp3) is 0.500. The van der Waals surface area contributed by atoms with E-state index >= 15 is 0 Å². The number of hydrogen-bond acceptors (Lipinski definition) is 6. The van der Waals surface area contributed by atoms with Crippen molar-refractivity contribution in [3.05, 3.63) is 23.4 Å². The van der Waals surface area contributed by atoms with Gasteiger partial charge in [-0.25, -0.2) is 14.6 Å². The molecule has 0 fully saturated rings. The minimum atomic E-state index is -4.71. The summed E-state index contributed by atoms with van der Waals surface area (Å²) in [5.74, 6) is -1.34. The number of hydrazine groups is 1. The molecule has 2 N–H and O–H groups in total. The average molecular weight is 364 g/mol. The van der Waals surface area contributed by atoms with Crippen LogP contribution in [0.2, 0.25) is 0 Å². The Labute approximate surface area is 142 Å². The van der Waals surface area contributed by atoms with Gasteiger partial charge in [0.05, 0.1) is 13.2 Å². The zero-order chi connectivity index (χ0) is 19.0. The van der Waals surface area contributed by atoms with Gasteiger partial charge in [0, 0.05) is 20.7 Å². The lowest BCUT2D eigenvalue weighted by atomic mass is 10.2. The van der Waals surface area contributed by atoms with Crippen LogP contribution in [-0.4, -0.2) is 55.8 Å². The Morgan fingerprint density at radius 1 is 1.32 bits per heavy atom. The molecule has 0 unspecified atom stereocenters. The van der Waals surface area contributed by atoms with Crippen molar-refractivity contribution in [1.82, 2.24) is 15.3 Å². The number of ether oxygens (including phenoxy) is 2. The molecule has 0 radical (unpaired) electrons. The lowest BCUT2D eigenvalue weighted by Gasteiger charge is -2.19. The van der Waals surface area contributed by atoms with Gasteiger partial charge in [0.15, 0.2) is 5.82 Å². The number of halogens is 3. The van der Waals surface area contributed by atoms with Crippen LogP contribution in [0.15, 0.2) is 12.1 Å². The molecule has 1 heterocycles. The van der Waals surface area contributed by atoms with E-state index in [-0.39, 0.29) is 25.3 Å². The van der Waals surface area contributed by atoms with E-state index in [0.29, 0.717) is 6.07 Å². The molecule has 0 atom stereocenters. The van der Waals surface area contributed by atoms with Gasteiger partial charge in [0.1, 0.15) is 11.3 Å². The highest BCUT2D eigenvalue weighted by Crippen LogP contribution is 2.29. The molecule has 0 aliphatic rings. The second-order valence-electron chi connectivity index (χ2n) is 4.78. The zero-order valence-electron chi connectivity index (χ0n) is 13.9. The summed E-state index contributed by atoms with van der Waals surface area (Å²) in [6.07, 6.45) is -4.71. The first kappa shape index (κ1) is 20.5. The van der Waals surface area contributed by atoms with E-state index in [1.165, 1.54) is 19.1 Å². The number of nitrogens with one attached hydrogen (secondary N) is 2. The van der Waals surface area contributed by atoms with E-state index in [9.17, 15) is 22.8 Å². The summed E-state index contributed by atoms with van der Waals surface area (Å²) in [7, 11) is 2.92. The van der Waals surface area contributed by atoms with Crippen molar-refractivity contribution in [3.63, 3.8) is 0 Å². The molecule has 0 saturated heterocycles. The van der Waals surface area contributed by atoms with Crippen LogP contribution < -0.4 is 10.9 Å². The van der Waals surface area contributed by atoms with Gasteiger partial charge in [-0.05, 0) is 19.1 Å². The smallest absolute Gasteiger partial charge is 0.433 e. The van der Waals surface area contributed by atoms with E-state index in [2.05, 4.69) is 15.8 Å². The van der Waals surface area contributed by atoms with E-state index < -0.39 is 29.7 Å². The fourth-order valence-corrected chi connectivity index (χ4v) is 1.62. The van der Waals surface area contributed by atoms with Gasteiger partial charge in [-0.3, -0.25) is 10.9 Å². The highest BCUT2D eigenvalue weighted by atomic mass is 19.4. The van der Waals surface area contributed by atoms with Crippen LogP contribution in [0.25, 0.3) is 0 Å². The number of likely N-dealkylation sites (N-methyl/N-ethyl adjacent to an activating group) is 1. The number of nitrogens with zero attached hydrogens (tertiary/aromatic N) is 2. The Kier molecular flexibility index (Phi) is 7.43. The molecule has 0 spiro atoms. The number of methoxy groups -OCH3 is 1. The van der Waals surface area contributed by atoms with E-state index in [1.807, 2.05) is 0 Å². The van der Waals surface area contributed by atoms with Gasteiger partial charge in [0.25, 0.3) is 0 Å². The zero-order valence-corrected chi connectivity index (χ0v) is 13.9. The molecule has 1 aromatic heterocycles. The van der Waals surface area contributed by atoms with Crippen LogP contribution >= 0.6 is 0 Å². The maximum absolute atomic E-state index is 12.8. The monoisotopic (exact) mass is 364 g/mol. The molecule has 0 aromatic carbocycles. The number of amides is 2. The normalized spacial score (nSPS) is 11.0. The molecule has 1 aromatic rings. The van der Waals surface area contributed by atoms with Crippen LogP contribution in [0.1, 0.15) is 23.0 Å². The van der Waals surface area contributed by atoms with Crippen LogP contribution in [0.5, 0.6) is 0 Å². The number of hydrogen-bond donors (Lipinski definition) is 2. The number of pyridine rings is 1. The molecular formula is C14H19F3N4O4. The van der Waals surface area contributed by atoms with E-state index in [4.69, 9.17) is 9.47 Å². The number of alkyl halides is 3. The van der Waals surface area contributed by atoms with Gasteiger partial charge in [-0.15, -0.1) is 0 Å². The van der Waals surface area contributed by atoms with Gasteiger partial charge < -0.3 is 14.4 Å². The number of esters is 1. The van der Waals surface area contributed by atoms with Crippen LogP contribution in [0.3, 0.4) is 0 Å². The Morgan fingerprint density at radius 2 is 2.00 bits per heavy atom. The van der Waals surface area contributed by atoms with Crippen molar-refractivity contribution in [2.24, 2.45) is 0 Å². The van der Waals surface area contributed by atoms with Crippen molar-refractivity contribution < 1.29 is 32.2 Å². The highest BCUT2D eigenvalue weighted by Gasteiger charge is 2.33. The minimum absolute atomic E-state index is 0.0331. The van der Waals surface area contributed by atoms with Crippen molar-refractivity contribution in [1.29, 1.82) is 0 Å². The quantitative estimate of drug-likeness (QED) is 0.567. The van der Waals surface area contributed by atoms with Crippen molar-refractivity contribution in [3.8, 4) is 0 Å². The summed E-state index contributed by atoms with van der Waals surface area (Å²) >= 11 is 0. The van der Waals surface area contributed by atoms with Gasteiger partial charge in [0.2, 0.25) is 0 Å². The summed E-state index contributed by atoms with van der Waals surface area (Å²) in [5, 5.41) is 0. The first-order valence-electron chi connectivity index (χ1n) is 7.22. The molecule has 25 heavy (non-hydrogen) atoms. The number of carbonyl (C=O) groups excluding carboxylic acids is 2. The summed E-state index contributed by atoms with van der Waals surface area (Å²) < 4.78 is 48.0. The lowest BCUT2D eigenvalue weighted by molar-refractivity contribution is -0.141. The van der Waals surface area contributed by atoms with Crippen LogP contribution in [-0.2, 0) is 15.7 Å². The predicted octanol–water partition coefficient (Wildman–Crippen LogP) is 1.89. The minimum Gasteiger partial charge on any atom is -0.462 e. The van der Waals surface area contributed by atoms with Crippen LogP contribution in [0.4, 0.5) is 23.8 Å². The van der Waals surface area contributed by atoms with Gasteiger partial charge >= 0.3 is 18.2 Å².